The maximum Gasteiger partial charge on any atom is 0.255 e. The maximum absolute atomic E-state index is 13.1. The molecular weight excluding hydrogens is 337 g/mol. The highest BCUT2D eigenvalue weighted by Crippen LogP contribution is 2.26. The third-order valence-corrected chi connectivity index (χ3v) is 3.31. The van der Waals surface area contributed by atoms with E-state index in [0.717, 1.165) is 0 Å². The number of phenolic OH excluding ortho intramolecular Hbond substituents is 1. The Morgan fingerprint density at radius 3 is 2.63 bits per heavy atom. The molecule has 0 saturated carbocycles. The molecule has 2 N–H and O–H groups in total. The molecule has 0 heterocycles. The first kappa shape index (κ1) is 13.8. The fourth-order valence-electron chi connectivity index (χ4n) is 1.43. The van der Waals surface area contributed by atoms with Gasteiger partial charge in [0.25, 0.3) is 5.91 Å². The summed E-state index contributed by atoms with van der Waals surface area (Å²) in [5.74, 6) is -0.983. The van der Waals surface area contributed by atoms with E-state index in [4.69, 9.17) is 11.6 Å². The summed E-state index contributed by atoms with van der Waals surface area (Å²) in [5.41, 5.74) is 0.690. The molecule has 0 bridgehead atoms. The first-order chi connectivity index (χ1) is 8.97. The summed E-state index contributed by atoms with van der Waals surface area (Å²) in [6.45, 7) is 0. The molecule has 19 heavy (non-hydrogen) atoms. The van der Waals surface area contributed by atoms with Gasteiger partial charge in [-0.1, -0.05) is 11.6 Å². The Bertz CT molecular complexity index is 649. The Kier molecular flexibility index (Phi) is 4.07. The molecule has 2 rings (SSSR count). The van der Waals surface area contributed by atoms with Crippen LogP contribution in [0, 0.1) is 5.82 Å². The molecule has 0 aliphatic heterocycles. The summed E-state index contributed by atoms with van der Waals surface area (Å²) < 4.78 is 13.3. The number of hydrogen-bond acceptors (Lipinski definition) is 2. The van der Waals surface area contributed by atoms with Crippen molar-refractivity contribution in [2.24, 2.45) is 0 Å². The number of rotatable bonds is 2. The van der Waals surface area contributed by atoms with Crippen LogP contribution in [-0.2, 0) is 0 Å². The predicted octanol–water partition coefficient (Wildman–Crippen LogP) is 4.20. The van der Waals surface area contributed by atoms with Crippen LogP contribution in [-0.4, -0.2) is 11.0 Å². The zero-order valence-corrected chi connectivity index (χ0v) is 11.8. The van der Waals surface area contributed by atoms with Gasteiger partial charge in [0.2, 0.25) is 0 Å². The standard InChI is InChI=1S/C13H8BrClFNO2/c14-9-5-7(1-4-11(9)16)13(19)17-8-2-3-10(15)12(18)6-8/h1-6,18H,(H,17,19). The minimum Gasteiger partial charge on any atom is -0.506 e. The molecule has 0 fully saturated rings. The summed E-state index contributed by atoms with van der Waals surface area (Å²) in [6.07, 6.45) is 0. The second-order valence-electron chi connectivity index (χ2n) is 3.75. The SMILES string of the molecule is O=C(Nc1ccc(Cl)c(O)c1)c1ccc(F)c(Br)c1. The van der Waals surface area contributed by atoms with Gasteiger partial charge in [0.1, 0.15) is 11.6 Å². The monoisotopic (exact) mass is 343 g/mol. The summed E-state index contributed by atoms with van der Waals surface area (Å²) in [5, 5.41) is 12.2. The number of carbonyl (C=O) groups is 1. The predicted molar refractivity (Wildman–Crippen MR) is 75.2 cm³/mol. The number of nitrogens with one attached hydrogen (secondary N) is 1. The van der Waals surface area contributed by atoms with E-state index in [9.17, 15) is 14.3 Å². The third-order valence-electron chi connectivity index (χ3n) is 2.39. The number of amides is 1. The summed E-state index contributed by atoms with van der Waals surface area (Å²) in [7, 11) is 0. The Morgan fingerprint density at radius 1 is 1.26 bits per heavy atom. The highest BCUT2D eigenvalue weighted by Gasteiger charge is 2.09. The van der Waals surface area contributed by atoms with Crippen molar-refractivity contribution in [1.29, 1.82) is 0 Å². The van der Waals surface area contributed by atoms with Crippen molar-refractivity contribution in [2.75, 3.05) is 5.32 Å². The number of aromatic hydroxyl groups is 1. The number of carbonyl (C=O) groups excluding carboxylic acids is 1. The molecule has 0 unspecified atom stereocenters. The minimum atomic E-state index is -0.444. The largest absolute Gasteiger partial charge is 0.506 e. The molecule has 0 spiro atoms. The number of phenols is 1. The number of benzene rings is 2. The highest BCUT2D eigenvalue weighted by atomic mass is 79.9. The molecule has 0 saturated heterocycles. The van der Waals surface area contributed by atoms with E-state index < -0.39 is 11.7 Å². The van der Waals surface area contributed by atoms with Crippen molar-refractivity contribution in [2.45, 2.75) is 0 Å². The van der Waals surface area contributed by atoms with Crippen molar-refractivity contribution in [3.05, 3.63) is 57.3 Å². The Balaban J connectivity index is 2.20. The molecule has 1 amide bonds. The lowest BCUT2D eigenvalue weighted by Gasteiger charge is -2.07. The van der Waals surface area contributed by atoms with Crippen LogP contribution in [0.25, 0.3) is 0 Å². The van der Waals surface area contributed by atoms with E-state index in [1.54, 1.807) is 6.07 Å². The summed E-state index contributed by atoms with van der Waals surface area (Å²) in [6, 6.07) is 8.29. The van der Waals surface area contributed by atoms with Gasteiger partial charge < -0.3 is 10.4 Å². The van der Waals surface area contributed by atoms with Gasteiger partial charge in [-0.15, -0.1) is 0 Å². The molecule has 2 aromatic carbocycles. The smallest absolute Gasteiger partial charge is 0.255 e. The van der Waals surface area contributed by atoms with E-state index in [2.05, 4.69) is 21.2 Å². The number of anilines is 1. The number of hydrogen-bond donors (Lipinski definition) is 2. The summed E-state index contributed by atoms with van der Waals surface area (Å²) >= 11 is 8.67. The maximum atomic E-state index is 13.1. The van der Waals surface area contributed by atoms with Gasteiger partial charge in [-0.3, -0.25) is 4.79 Å². The molecular formula is C13H8BrClFNO2. The molecule has 0 radical (unpaired) electrons. The van der Waals surface area contributed by atoms with Crippen LogP contribution >= 0.6 is 27.5 Å². The first-order valence-corrected chi connectivity index (χ1v) is 6.39. The first-order valence-electron chi connectivity index (χ1n) is 5.22. The van der Waals surface area contributed by atoms with Crippen LogP contribution in [0.3, 0.4) is 0 Å². The van der Waals surface area contributed by atoms with Gasteiger partial charge in [0.05, 0.1) is 9.50 Å². The molecule has 2 aromatic rings. The van der Waals surface area contributed by atoms with Crippen LogP contribution < -0.4 is 5.32 Å². The van der Waals surface area contributed by atoms with E-state index in [0.29, 0.717) is 11.3 Å². The highest BCUT2D eigenvalue weighted by molar-refractivity contribution is 9.10. The van der Waals surface area contributed by atoms with Gasteiger partial charge in [-0.05, 0) is 46.3 Å². The molecule has 3 nitrogen and oxygen atoms in total. The van der Waals surface area contributed by atoms with Crippen LogP contribution in [0.2, 0.25) is 5.02 Å². The average molecular weight is 345 g/mol. The van der Waals surface area contributed by atoms with Crippen molar-refractivity contribution in [3.8, 4) is 5.75 Å². The molecule has 0 aromatic heterocycles. The van der Waals surface area contributed by atoms with Gasteiger partial charge in [0.15, 0.2) is 0 Å². The van der Waals surface area contributed by atoms with Crippen molar-refractivity contribution >= 4 is 39.1 Å². The quantitative estimate of drug-likeness (QED) is 0.858. The second kappa shape index (κ2) is 5.59. The fourth-order valence-corrected chi connectivity index (χ4v) is 1.93. The summed E-state index contributed by atoms with van der Waals surface area (Å²) in [4.78, 5) is 11.9. The van der Waals surface area contributed by atoms with E-state index in [1.165, 1.54) is 30.3 Å². The normalized spacial score (nSPS) is 10.3. The molecule has 0 aliphatic rings. The van der Waals surface area contributed by atoms with Gasteiger partial charge in [0, 0.05) is 17.3 Å². The van der Waals surface area contributed by atoms with Crippen molar-refractivity contribution in [3.63, 3.8) is 0 Å². The Labute approximate surface area is 122 Å². The minimum absolute atomic E-state index is 0.125. The van der Waals surface area contributed by atoms with E-state index >= 15 is 0 Å². The zero-order chi connectivity index (χ0) is 14.0. The van der Waals surface area contributed by atoms with Gasteiger partial charge >= 0.3 is 0 Å². The second-order valence-corrected chi connectivity index (χ2v) is 5.01. The third kappa shape index (κ3) is 3.24. The molecule has 0 aliphatic carbocycles. The van der Waals surface area contributed by atoms with E-state index in [1.807, 2.05) is 0 Å². The van der Waals surface area contributed by atoms with Crippen LogP contribution in [0.1, 0.15) is 10.4 Å². The average Bonchev–Trinajstić information content (AvgIpc) is 2.37. The lowest BCUT2D eigenvalue weighted by atomic mass is 10.2. The molecule has 6 heteroatoms. The van der Waals surface area contributed by atoms with Crippen LogP contribution in [0.15, 0.2) is 40.9 Å². The lowest BCUT2D eigenvalue weighted by Crippen LogP contribution is -2.11. The number of halogens is 3. The van der Waals surface area contributed by atoms with Crippen molar-refractivity contribution < 1.29 is 14.3 Å². The zero-order valence-electron chi connectivity index (χ0n) is 9.45. The van der Waals surface area contributed by atoms with Crippen LogP contribution in [0.4, 0.5) is 10.1 Å². The van der Waals surface area contributed by atoms with E-state index in [-0.39, 0.29) is 15.2 Å². The van der Waals surface area contributed by atoms with Gasteiger partial charge in [-0.2, -0.15) is 0 Å². The Hall–Kier alpha value is -1.59. The molecule has 98 valence electrons. The Morgan fingerprint density at radius 2 is 2.00 bits per heavy atom. The molecule has 0 atom stereocenters. The van der Waals surface area contributed by atoms with Crippen LogP contribution in [0.5, 0.6) is 5.75 Å². The fraction of sp³-hybridized carbons (Fsp3) is 0. The lowest BCUT2D eigenvalue weighted by molar-refractivity contribution is 0.102. The van der Waals surface area contributed by atoms with Gasteiger partial charge in [-0.25, -0.2) is 4.39 Å². The van der Waals surface area contributed by atoms with Crippen molar-refractivity contribution in [1.82, 2.24) is 0 Å². The topological polar surface area (TPSA) is 49.3 Å².